The lowest BCUT2D eigenvalue weighted by Gasteiger charge is -2.37. The Balaban J connectivity index is 1.76. The van der Waals surface area contributed by atoms with E-state index in [4.69, 9.17) is 4.74 Å². The number of nitrogens with one attached hydrogen (secondary N) is 1. The van der Waals surface area contributed by atoms with Crippen molar-refractivity contribution in [2.45, 2.75) is 61.1 Å². The molecule has 8 heteroatoms. The molecule has 1 aliphatic heterocycles. The average Bonchev–Trinajstić information content (AvgIpc) is 3.04. The topological polar surface area (TPSA) is 58.1 Å². The van der Waals surface area contributed by atoms with Crippen LogP contribution in [0.2, 0.25) is 0 Å². The fourth-order valence-electron chi connectivity index (χ4n) is 3.10. The van der Waals surface area contributed by atoms with Crippen molar-refractivity contribution in [3.8, 4) is 0 Å². The predicted octanol–water partition coefficient (Wildman–Crippen LogP) is 5.06. The van der Waals surface area contributed by atoms with Crippen LogP contribution in [0.3, 0.4) is 0 Å². The van der Waals surface area contributed by atoms with Gasteiger partial charge in [-0.3, -0.25) is 5.10 Å². The van der Waals surface area contributed by atoms with E-state index in [-0.39, 0.29) is 10.9 Å². The second-order valence-corrected chi connectivity index (χ2v) is 9.32. The zero-order valence-electron chi connectivity index (χ0n) is 15.4. The van der Waals surface area contributed by atoms with Gasteiger partial charge < -0.3 is 9.84 Å². The van der Waals surface area contributed by atoms with Gasteiger partial charge >= 0.3 is 6.18 Å². The quantitative estimate of drug-likeness (QED) is 0.753. The number of aliphatic hydroxyl groups is 1. The molecule has 0 bridgehead atoms. The van der Waals surface area contributed by atoms with Crippen LogP contribution in [0.25, 0.3) is 0 Å². The Morgan fingerprint density at radius 3 is 2.67 bits per heavy atom. The molecule has 1 aromatic heterocycles. The maximum atomic E-state index is 13.0. The van der Waals surface area contributed by atoms with Crippen molar-refractivity contribution in [3.63, 3.8) is 0 Å². The Hall–Kier alpha value is -1.51. The number of H-pyrrole nitrogens is 1. The van der Waals surface area contributed by atoms with Crippen LogP contribution in [0.1, 0.15) is 56.7 Å². The predicted molar refractivity (Wildman–Crippen MR) is 97.5 cm³/mol. The number of aromatic nitrogens is 2. The third kappa shape index (κ3) is 4.86. The molecule has 4 nitrogen and oxygen atoms in total. The Morgan fingerprint density at radius 1 is 1.30 bits per heavy atom. The smallest absolute Gasteiger partial charge is 0.384 e. The van der Waals surface area contributed by atoms with Gasteiger partial charge in [-0.1, -0.05) is 6.07 Å². The molecule has 3 rings (SSSR count). The Kier molecular flexibility index (Phi) is 5.35. The molecule has 0 aliphatic carbocycles. The largest absolute Gasteiger partial charge is 0.416 e. The number of benzene rings is 1. The molecule has 1 aliphatic rings. The Bertz CT molecular complexity index is 801. The summed E-state index contributed by atoms with van der Waals surface area (Å²) < 4.78 is 44.5. The molecule has 2 unspecified atom stereocenters. The minimum atomic E-state index is -4.35. The SMILES string of the molecule is CC1(Sc2cccc(C(F)(F)F)c2)CCOC(c2cc(C(C)(C)O)n[nH]2)C1. The van der Waals surface area contributed by atoms with Crippen LogP contribution in [0.15, 0.2) is 35.2 Å². The number of halogens is 3. The van der Waals surface area contributed by atoms with Gasteiger partial charge in [0.25, 0.3) is 0 Å². The maximum absolute atomic E-state index is 13.0. The lowest BCUT2D eigenvalue weighted by atomic mass is 9.94. The van der Waals surface area contributed by atoms with E-state index >= 15 is 0 Å². The number of aromatic amines is 1. The average molecular weight is 400 g/mol. The van der Waals surface area contributed by atoms with Crippen LogP contribution < -0.4 is 0 Å². The Morgan fingerprint density at radius 2 is 2.04 bits per heavy atom. The van der Waals surface area contributed by atoms with E-state index in [0.29, 0.717) is 23.6 Å². The highest BCUT2D eigenvalue weighted by Gasteiger charge is 2.37. The molecular weight excluding hydrogens is 377 g/mol. The highest BCUT2D eigenvalue weighted by atomic mass is 32.2. The summed E-state index contributed by atoms with van der Waals surface area (Å²) in [7, 11) is 0. The minimum absolute atomic E-state index is 0.245. The normalized spacial score (nSPS) is 24.2. The number of hydrogen-bond acceptors (Lipinski definition) is 4. The molecule has 1 aromatic carbocycles. The summed E-state index contributed by atoms with van der Waals surface area (Å²) in [6, 6.07) is 7.21. The van der Waals surface area contributed by atoms with Gasteiger partial charge in [-0.15, -0.1) is 11.8 Å². The molecule has 27 heavy (non-hydrogen) atoms. The second kappa shape index (κ2) is 7.14. The molecule has 2 heterocycles. The molecule has 0 saturated carbocycles. The van der Waals surface area contributed by atoms with Crippen LogP contribution in [0, 0.1) is 0 Å². The molecule has 1 fully saturated rings. The van der Waals surface area contributed by atoms with E-state index in [1.54, 1.807) is 26.0 Å². The van der Waals surface area contributed by atoms with Crippen molar-refractivity contribution in [3.05, 3.63) is 47.3 Å². The first-order chi connectivity index (χ1) is 12.5. The zero-order chi connectivity index (χ0) is 19.9. The summed E-state index contributed by atoms with van der Waals surface area (Å²) in [5.74, 6) is 0. The highest BCUT2D eigenvalue weighted by molar-refractivity contribution is 8.00. The number of rotatable bonds is 4. The van der Waals surface area contributed by atoms with Gasteiger partial charge in [0.2, 0.25) is 0 Å². The van der Waals surface area contributed by atoms with E-state index in [2.05, 4.69) is 10.2 Å². The van der Waals surface area contributed by atoms with Crippen LogP contribution in [0.5, 0.6) is 0 Å². The van der Waals surface area contributed by atoms with E-state index in [1.165, 1.54) is 23.9 Å². The first kappa shape index (κ1) is 20.2. The van der Waals surface area contributed by atoms with Gasteiger partial charge in [0.05, 0.1) is 17.0 Å². The fraction of sp³-hybridized carbons (Fsp3) is 0.526. The third-order valence-electron chi connectivity index (χ3n) is 4.66. The van der Waals surface area contributed by atoms with Gasteiger partial charge in [-0.25, -0.2) is 0 Å². The van der Waals surface area contributed by atoms with Gasteiger partial charge in [0, 0.05) is 16.2 Å². The van der Waals surface area contributed by atoms with Crippen LogP contribution in [-0.4, -0.2) is 26.7 Å². The van der Waals surface area contributed by atoms with Gasteiger partial charge in [-0.05, 0) is 57.9 Å². The van der Waals surface area contributed by atoms with E-state index < -0.39 is 17.3 Å². The number of hydrogen-bond donors (Lipinski definition) is 2. The summed E-state index contributed by atoms with van der Waals surface area (Å²) in [4.78, 5) is 0.592. The maximum Gasteiger partial charge on any atom is 0.416 e. The minimum Gasteiger partial charge on any atom is -0.384 e. The van der Waals surface area contributed by atoms with Crippen molar-refractivity contribution in [1.82, 2.24) is 10.2 Å². The number of thioether (sulfide) groups is 1. The van der Waals surface area contributed by atoms with E-state index in [9.17, 15) is 18.3 Å². The van der Waals surface area contributed by atoms with Gasteiger partial charge in [-0.2, -0.15) is 18.3 Å². The standard InChI is InChI=1S/C19H23F3N2O2S/c1-17(2,25)16-10-14(23-24-16)15-11-18(3,7-8-26-15)27-13-6-4-5-12(9-13)19(20,21)22/h4-6,9-10,15,25H,7-8,11H2,1-3H3,(H,23,24). The Labute approximate surface area is 160 Å². The molecule has 2 N–H and O–H groups in total. The second-order valence-electron chi connectivity index (χ2n) is 7.66. The van der Waals surface area contributed by atoms with Crippen molar-refractivity contribution in [2.75, 3.05) is 6.61 Å². The van der Waals surface area contributed by atoms with E-state index in [0.717, 1.165) is 18.2 Å². The monoisotopic (exact) mass is 400 g/mol. The molecule has 0 radical (unpaired) electrons. The summed E-state index contributed by atoms with van der Waals surface area (Å²) >= 11 is 1.44. The molecule has 148 valence electrons. The van der Waals surface area contributed by atoms with Crippen LogP contribution >= 0.6 is 11.8 Å². The number of alkyl halides is 3. The number of ether oxygens (including phenoxy) is 1. The van der Waals surface area contributed by atoms with Crippen molar-refractivity contribution >= 4 is 11.8 Å². The molecule has 0 spiro atoms. The van der Waals surface area contributed by atoms with Crippen molar-refractivity contribution in [2.24, 2.45) is 0 Å². The molecule has 1 saturated heterocycles. The first-order valence-electron chi connectivity index (χ1n) is 8.72. The lowest BCUT2D eigenvalue weighted by Crippen LogP contribution is -2.32. The first-order valence-corrected chi connectivity index (χ1v) is 9.54. The zero-order valence-corrected chi connectivity index (χ0v) is 16.2. The van der Waals surface area contributed by atoms with Gasteiger partial charge in [0.1, 0.15) is 11.7 Å². The third-order valence-corrected chi connectivity index (χ3v) is 6.02. The molecule has 2 aromatic rings. The number of nitrogens with zero attached hydrogens (tertiary/aromatic N) is 1. The summed E-state index contributed by atoms with van der Waals surface area (Å²) in [5.41, 5.74) is -0.399. The summed E-state index contributed by atoms with van der Waals surface area (Å²) in [6.07, 6.45) is -3.23. The van der Waals surface area contributed by atoms with Crippen molar-refractivity contribution in [1.29, 1.82) is 0 Å². The molecular formula is C19H23F3N2O2S. The van der Waals surface area contributed by atoms with Gasteiger partial charge in [0.15, 0.2) is 0 Å². The van der Waals surface area contributed by atoms with E-state index in [1.807, 2.05) is 6.92 Å². The fourth-order valence-corrected chi connectivity index (χ4v) is 4.42. The van der Waals surface area contributed by atoms with Crippen LogP contribution in [0.4, 0.5) is 13.2 Å². The highest BCUT2D eigenvalue weighted by Crippen LogP contribution is 2.46. The lowest BCUT2D eigenvalue weighted by molar-refractivity contribution is -0.137. The molecule has 2 atom stereocenters. The summed E-state index contributed by atoms with van der Waals surface area (Å²) in [5, 5.41) is 17.1. The molecule has 0 amide bonds. The van der Waals surface area contributed by atoms with Crippen LogP contribution in [-0.2, 0) is 16.5 Å². The van der Waals surface area contributed by atoms with Crippen molar-refractivity contribution < 1.29 is 23.0 Å². The summed E-state index contributed by atoms with van der Waals surface area (Å²) in [6.45, 7) is 5.86.